The maximum absolute atomic E-state index is 13.1. The van der Waals surface area contributed by atoms with Crippen LogP contribution in [-0.2, 0) is 6.42 Å². The Morgan fingerprint density at radius 3 is 2.79 bits per heavy atom. The third-order valence-electron chi connectivity index (χ3n) is 2.04. The van der Waals surface area contributed by atoms with Crippen LogP contribution in [0.4, 0.5) is 4.39 Å². The summed E-state index contributed by atoms with van der Waals surface area (Å²) in [6.45, 7) is 5.24. The smallest absolute Gasteiger partial charge is 0.124 e. The number of halogens is 1. The molecule has 0 saturated carbocycles. The number of benzene rings is 1. The number of rotatable bonds is 3. The van der Waals surface area contributed by atoms with E-state index in [0.717, 1.165) is 0 Å². The Kier molecular flexibility index (Phi) is 3.25. The molecule has 0 aliphatic rings. The van der Waals surface area contributed by atoms with Gasteiger partial charge in [-0.25, -0.2) is 4.39 Å². The minimum Gasteiger partial charge on any atom is -0.507 e. The number of phenolic OH excluding ortho intramolecular Hbond substituents is 1. The van der Waals surface area contributed by atoms with Crippen molar-refractivity contribution in [2.75, 3.05) is 0 Å². The van der Waals surface area contributed by atoms with E-state index >= 15 is 0 Å². The summed E-state index contributed by atoms with van der Waals surface area (Å²) in [7, 11) is 0. The lowest BCUT2D eigenvalue weighted by Gasteiger charge is -2.11. The van der Waals surface area contributed by atoms with Gasteiger partial charge in [-0.15, -0.1) is 6.58 Å². The molecule has 1 rings (SSSR count). The first-order valence-electron chi connectivity index (χ1n) is 4.44. The van der Waals surface area contributed by atoms with Crippen molar-refractivity contribution in [2.24, 2.45) is 5.73 Å². The first kappa shape index (κ1) is 10.7. The summed E-state index contributed by atoms with van der Waals surface area (Å²) in [6.07, 6.45) is 2.04. The average molecular weight is 195 g/mol. The molecular formula is C11H14FNO. The van der Waals surface area contributed by atoms with Gasteiger partial charge in [-0.1, -0.05) is 6.08 Å². The number of allylic oxidation sites excluding steroid dienone is 1. The first-order chi connectivity index (χ1) is 6.56. The molecule has 1 unspecified atom stereocenters. The van der Waals surface area contributed by atoms with Crippen LogP contribution in [-0.4, -0.2) is 5.11 Å². The van der Waals surface area contributed by atoms with Crippen molar-refractivity contribution in [1.82, 2.24) is 0 Å². The van der Waals surface area contributed by atoms with E-state index in [-0.39, 0.29) is 17.6 Å². The van der Waals surface area contributed by atoms with Crippen molar-refractivity contribution < 1.29 is 9.50 Å². The van der Waals surface area contributed by atoms with Gasteiger partial charge in [-0.3, -0.25) is 0 Å². The standard InChI is InChI=1S/C11H14FNO/c1-3-4-8-5-9(12)6-10(7(2)13)11(8)14/h3,5-7,14H,1,4,13H2,2H3. The van der Waals surface area contributed by atoms with E-state index in [0.29, 0.717) is 17.5 Å². The Morgan fingerprint density at radius 2 is 2.29 bits per heavy atom. The zero-order chi connectivity index (χ0) is 10.7. The second-order valence-electron chi connectivity index (χ2n) is 3.28. The van der Waals surface area contributed by atoms with Gasteiger partial charge in [-0.05, 0) is 25.5 Å². The minimum atomic E-state index is -0.382. The van der Waals surface area contributed by atoms with E-state index in [2.05, 4.69) is 6.58 Å². The van der Waals surface area contributed by atoms with Gasteiger partial charge in [0.1, 0.15) is 11.6 Å². The monoisotopic (exact) mass is 195 g/mol. The molecule has 2 nitrogen and oxygen atoms in total. The van der Waals surface area contributed by atoms with Gasteiger partial charge >= 0.3 is 0 Å². The molecule has 0 bridgehead atoms. The van der Waals surface area contributed by atoms with Crippen molar-refractivity contribution in [3.8, 4) is 5.75 Å². The summed E-state index contributed by atoms with van der Waals surface area (Å²) in [4.78, 5) is 0. The molecule has 1 aromatic rings. The normalized spacial score (nSPS) is 12.5. The molecule has 0 saturated heterocycles. The number of hydrogen-bond acceptors (Lipinski definition) is 2. The Balaban J connectivity index is 3.24. The van der Waals surface area contributed by atoms with Gasteiger partial charge in [0.25, 0.3) is 0 Å². The molecule has 14 heavy (non-hydrogen) atoms. The Labute approximate surface area is 82.9 Å². The van der Waals surface area contributed by atoms with Crippen LogP contribution in [0.3, 0.4) is 0 Å². The topological polar surface area (TPSA) is 46.2 Å². The molecule has 1 aromatic carbocycles. The highest BCUT2D eigenvalue weighted by Gasteiger charge is 2.11. The largest absolute Gasteiger partial charge is 0.507 e. The lowest BCUT2D eigenvalue weighted by Crippen LogP contribution is -2.06. The van der Waals surface area contributed by atoms with Crippen LogP contribution >= 0.6 is 0 Å². The predicted octanol–water partition coefficient (Wildman–Crippen LogP) is 2.28. The maximum Gasteiger partial charge on any atom is 0.124 e. The van der Waals surface area contributed by atoms with Gasteiger partial charge in [-0.2, -0.15) is 0 Å². The fourth-order valence-electron chi connectivity index (χ4n) is 1.34. The highest BCUT2D eigenvalue weighted by Crippen LogP contribution is 2.28. The molecule has 0 aliphatic carbocycles. The maximum atomic E-state index is 13.1. The fraction of sp³-hybridized carbons (Fsp3) is 0.273. The Hall–Kier alpha value is -1.35. The second kappa shape index (κ2) is 4.24. The summed E-state index contributed by atoms with van der Waals surface area (Å²) in [6, 6.07) is 2.17. The first-order valence-corrected chi connectivity index (χ1v) is 4.44. The predicted molar refractivity (Wildman–Crippen MR) is 54.6 cm³/mol. The van der Waals surface area contributed by atoms with E-state index in [9.17, 15) is 9.50 Å². The van der Waals surface area contributed by atoms with E-state index in [1.165, 1.54) is 12.1 Å². The number of nitrogens with two attached hydrogens (primary N) is 1. The van der Waals surface area contributed by atoms with Crippen molar-refractivity contribution in [2.45, 2.75) is 19.4 Å². The third-order valence-corrected chi connectivity index (χ3v) is 2.04. The summed E-state index contributed by atoms with van der Waals surface area (Å²) in [5, 5.41) is 9.72. The van der Waals surface area contributed by atoms with Gasteiger partial charge in [0.15, 0.2) is 0 Å². The van der Waals surface area contributed by atoms with E-state index in [1.54, 1.807) is 13.0 Å². The zero-order valence-electron chi connectivity index (χ0n) is 8.13. The lowest BCUT2D eigenvalue weighted by atomic mass is 10.0. The zero-order valence-corrected chi connectivity index (χ0v) is 8.13. The average Bonchev–Trinajstić information content (AvgIpc) is 2.10. The molecule has 0 heterocycles. The van der Waals surface area contributed by atoms with Gasteiger partial charge in [0.2, 0.25) is 0 Å². The highest BCUT2D eigenvalue weighted by molar-refractivity contribution is 5.43. The van der Waals surface area contributed by atoms with E-state index in [1.807, 2.05) is 0 Å². The number of phenols is 1. The molecular weight excluding hydrogens is 181 g/mol. The van der Waals surface area contributed by atoms with Gasteiger partial charge in [0.05, 0.1) is 0 Å². The van der Waals surface area contributed by atoms with Crippen LogP contribution in [0.15, 0.2) is 24.8 Å². The summed E-state index contributed by atoms with van der Waals surface area (Å²) < 4.78 is 13.1. The fourth-order valence-corrected chi connectivity index (χ4v) is 1.34. The van der Waals surface area contributed by atoms with Crippen molar-refractivity contribution in [3.63, 3.8) is 0 Å². The second-order valence-corrected chi connectivity index (χ2v) is 3.28. The molecule has 3 heteroatoms. The van der Waals surface area contributed by atoms with Crippen molar-refractivity contribution in [3.05, 3.63) is 41.7 Å². The quantitative estimate of drug-likeness (QED) is 0.727. The number of aromatic hydroxyl groups is 1. The molecule has 0 amide bonds. The van der Waals surface area contributed by atoms with E-state index < -0.39 is 0 Å². The summed E-state index contributed by atoms with van der Waals surface area (Å²) >= 11 is 0. The molecule has 0 aromatic heterocycles. The molecule has 0 radical (unpaired) electrons. The molecule has 0 fully saturated rings. The summed E-state index contributed by atoms with van der Waals surface area (Å²) in [5.74, 6) is -0.312. The lowest BCUT2D eigenvalue weighted by molar-refractivity contribution is 0.455. The van der Waals surface area contributed by atoms with Crippen LogP contribution in [0.2, 0.25) is 0 Å². The summed E-state index contributed by atoms with van der Waals surface area (Å²) in [5.41, 5.74) is 6.55. The highest BCUT2D eigenvalue weighted by atomic mass is 19.1. The molecule has 0 spiro atoms. The van der Waals surface area contributed by atoms with Crippen LogP contribution in [0.25, 0.3) is 0 Å². The SMILES string of the molecule is C=CCc1cc(F)cc(C(C)N)c1O. The van der Waals surface area contributed by atoms with Crippen LogP contribution in [0.1, 0.15) is 24.1 Å². The van der Waals surface area contributed by atoms with Crippen molar-refractivity contribution in [1.29, 1.82) is 0 Å². The van der Waals surface area contributed by atoms with Crippen molar-refractivity contribution >= 4 is 0 Å². The molecule has 76 valence electrons. The molecule has 1 atom stereocenters. The van der Waals surface area contributed by atoms with Crippen LogP contribution in [0, 0.1) is 5.82 Å². The van der Waals surface area contributed by atoms with Gasteiger partial charge in [0, 0.05) is 17.2 Å². The van der Waals surface area contributed by atoms with Crippen LogP contribution < -0.4 is 5.73 Å². The van der Waals surface area contributed by atoms with E-state index in [4.69, 9.17) is 5.73 Å². The number of hydrogen-bond donors (Lipinski definition) is 2. The van der Waals surface area contributed by atoms with Crippen LogP contribution in [0.5, 0.6) is 5.75 Å². The molecule has 3 N–H and O–H groups in total. The third kappa shape index (κ3) is 2.12. The minimum absolute atomic E-state index is 0.0706. The Morgan fingerprint density at radius 1 is 1.64 bits per heavy atom. The molecule has 0 aliphatic heterocycles. The van der Waals surface area contributed by atoms with Gasteiger partial charge < -0.3 is 10.8 Å². The Bertz CT molecular complexity index is 347.